The van der Waals surface area contributed by atoms with Gasteiger partial charge in [0.15, 0.2) is 12.2 Å². The minimum atomic E-state index is -0.864. The van der Waals surface area contributed by atoms with Crippen molar-refractivity contribution in [3.63, 3.8) is 0 Å². The zero-order valence-electron chi connectivity index (χ0n) is 25.4. The molecule has 0 saturated carbocycles. The summed E-state index contributed by atoms with van der Waals surface area (Å²) in [6.45, 7) is 0.475. The van der Waals surface area contributed by atoms with Gasteiger partial charge >= 0.3 is 0 Å². The second-order valence-corrected chi connectivity index (χ2v) is 11.9. The van der Waals surface area contributed by atoms with Crippen LogP contribution in [0.15, 0.2) is 132 Å². The molecule has 10 nitrogen and oxygen atoms in total. The fourth-order valence-electron chi connectivity index (χ4n) is 4.52. The van der Waals surface area contributed by atoms with Crippen LogP contribution in [0, 0.1) is 0 Å². The molecule has 2 aliphatic heterocycles. The molecule has 0 saturated heterocycles. The topological polar surface area (TPSA) is 147 Å². The number of para-hydroxylation sites is 1. The van der Waals surface area contributed by atoms with Gasteiger partial charge in [0.1, 0.15) is 0 Å². The summed E-state index contributed by atoms with van der Waals surface area (Å²) in [5, 5.41) is 6.98. The van der Waals surface area contributed by atoms with Crippen molar-refractivity contribution >= 4 is 75.2 Å². The average molecular weight is 736 g/mol. The first-order valence-corrected chi connectivity index (χ1v) is 16.1. The van der Waals surface area contributed by atoms with Gasteiger partial charge in [-0.05, 0) is 66.4 Å². The van der Waals surface area contributed by atoms with E-state index in [1.807, 2.05) is 60.7 Å². The van der Waals surface area contributed by atoms with Gasteiger partial charge in [0.05, 0.1) is 0 Å². The van der Waals surface area contributed by atoms with Gasteiger partial charge in [-0.1, -0.05) is 96.0 Å². The highest BCUT2D eigenvalue weighted by molar-refractivity contribution is 7.80. The third kappa shape index (κ3) is 9.27. The Bertz CT molecular complexity index is 1910. The summed E-state index contributed by atoms with van der Waals surface area (Å²) in [5.74, 6) is -1.17. The predicted octanol–water partition coefficient (Wildman–Crippen LogP) is 6.72. The first kappa shape index (κ1) is 35.2. The summed E-state index contributed by atoms with van der Waals surface area (Å²) in [6.07, 6.45) is -1.72. The van der Waals surface area contributed by atoms with Crippen molar-refractivity contribution in [3.8, 4) is 0 Å². The van der Waals surface area contributed by atoms with E-state index in [2.05, 4.69) is 10.6 Å². The van der Waals surface area contributed by atoms with Gasteiger partial charge in [0.2, 0.25) is 34.9 Å². The second-order valence-electron chi connectivity index (χ2n) is 10.3. The molecule has 0 aliphatic carbocycles. The van der Waals surface area contributed by atoms with Gasteiger partial charge in [-0.2, -0.15) is 0 Å². The van der Waals surface area contributed by atoms with Crippen LogP contribution in [0.25, 0.3) is 0 Å². The minimum Gasteiger partial charge on any atom is -0.460 e. The van der Waals surface area contributed by atoms with Gasteiger partial charge in [-0.25, -0.2) is 0 Å². The normalized spacial score (nSPS) is 16.6. The highest BCUT2D eigenvalue weighted by Gasteiger charge is 2.39. The Kier molecular flexibility index (Phi) is 11.7. The highest BCUT2D eigenvalue weighted by atomic mass is 35.5. The van der Waals surface area contributed by atoms with Crippen molar-refractivity contribution in [2.45, 2.75) is 18.8 Å². The van der Waals surface area contributed by atoms with Gasteiger partial charge in [0, 0.05) is 33.4 Å². The number of rotatable bonds is 7. The van der Waals surface area contributed by atoms with Crippen LogP contribution in [0.5, 0.6) is 0 Å². The van der Waals surface area contributed by atoms with Crippen LogP contribution in [0.3, 0.4) is 0 Å². The third-order valence-corrected chi connectivity index (χ3v) is 7.81. The number of nitrogens with two attached hydrogens (primary N) is 2. The average Bonchev–Trinajstić information content (AvgIpc) is 3.54. The van der Waals surface area contributed by atoms with Crippen molar-refractivity contribution in [2.75, 3.05) is 5.32 Å². The zero-order chi connectivity index (χ0) is 34.9. The van der Waals surface area contributed by atoms with Crippen LogP contribution in [0.2, 0.25) is 10.0 Å². The van der Waals surface area contributed by atoms with E-state index in [4.69, 9.17) is 78.1 Å². The molecule has 0 aromatic heterocycles. The predicted molar refractivity (Wildman–Crippen MR) is 194 cm³/mol. The number of halogens is 2. The maximum atomic E-state index is 12.5. The number of nitrogens with one attached hydrogen (secondary N) is 2. The molecule has 0 bridgehead atoms. The molecule has 0 spiro atoms. The SMILES string of the molecule is NC1=C(OC(=S)NCc2ccccc2)C(=O)C(c2ccc(Cl)cc2)O1.NC1=C(OC(=S)Nc2ccccc2)C(=O)C(c2ccc(Cl)cc2)O1. The Morgan fingerprint density at radius 1 is 0.653 bits per heavy atom. The molecule has 49 heavy (non-hydrogen) atoms. The molecule has 2 aliphatic rings. The summed E-state index contributed by atoms with van der Waals surface area (Å²) in [6, 6.07) is 32.4. The zero-order valence-corrected chi connectivity index (χ0v) is 28.6. The molecule has 4 aromatic rings. The number of Topliss-reactive ketones (excluding diaryl/α,β-unsaturated/α-hetero) is 2. The van der Waals surface area contributed by atoms with E-state index in [1.54, 1.807) is 48.5 Å². The molecule has 0 fully saturated rings. The Labute approximate surface area is 302 Å². The third-order valence-electron chi connectivity index (χ3n) is 6.90. The van der Waals surface area contributed by atoms with Crippen molar-refractivity contribution in [1.29, 1.82) is 0 Å². The fourth-order valence-corrected chi connectivity index (χ4v) is 5.13. The molecule has 0 radical (unpaired) electrons. The van der Waals surface area contributed by atoms with E-state index in [0.29, 0.717) is 27.7 Å². The number of carbonyl (C=O) groups is 2. The number of hydrogen-bond donors (Lipinski definition) is 4. The number of ether oxygens (including phenoxy) is 4. The number of ketones is 2. The number of anilines is 1. The molecule has 6 N–H and O–H groups in total. The monoisotopic (exact) mass is 734 g/mol. The maximum Gasteiger partial charge on any atom is 0.267 e. The summed E-state index contributed by atoms with van der Waals surface area (Å²) in [7, 11) is 0. The second kappa shape index (κ2) is 16.3. The number of benzene rings is 4. The molecule has 0 amide bonds. The maximum absolute atomic E-state index is 12.5. The molecular weight excluding hydrogens is 707 g/mol. The van der Waals surface area contributed by atoms with E-state index in [1.165, 1.54) is 0 Å². The molecule has 14 heteroatoms. The first-order valence-electron chi connectivity index (χ1n) is 14.5. The quantitative estimate of drug-likeness (QED) is 0.149. The lowest BCUT2D eigenvalue weighted by molar-refractivity contribution is -0.123. The van der Waals surface area contributed by atoms with Crippen molar-refractivity contribution < 1.29 is 28.5 Å². The summed E-state index contributed by atoms with van der Waals surface area (Å²) >= 11 is 21.9. The lowest BCUT2D eigenvalue weighted by Gasteiger charge is -2.10. The molecule has 2 heterocycles. The Morgan fingerprint density at radius 3 is 1.55 bits per heavy atom. The first-order chi connectivity index (χ1) is 23.6. The Morgan fingerprint density at radius 2 is 1.08 bits per heavy atom. The lowest BCUT2D eigenvalue weighted by Crippen LogP contribution is -2.25. The van der Waals surface area contributed by atoms with E-state index in [-0.39, 0.29) is 39.4 Å². The van der Waals surface area contributed by atoms with Crippen molar-refractivity contribution in [1.82, 2.24) is 5.32 Å². The van der Waals surface area contributed by atoms with Crippen LogP contribution < -0.4 is 22.1 Å². The summed E-state index contributed by atoms with van der Waals surface area (Å²) in [4.78, 5) is 25.0. The standard InChI is InChI=1S/C18H15ClN2O3S.C17H13ClN2O3S/c19-13-8-6-12(7-9-13)15-14(22)16(17(20)23-15)24-18(25)21-10-11-4-2-1-3-5-11;18-11-8-6-10(7-9-11)14-13(21)15(16(19)22-14)23-17(24)20-12-4-2-1-3-5-12/h1-9,15H,10,20H2,(H,21,25);1-9,14H,19H2,(H,20,24). The van der Waals surface area contributed by atoms with E-state index in [0.717, 1.165) is 11.3 Å². The van der Waals surface area contributed by atoms with E-state index < -0.39 is 18.0 Å². The molecule has 250 valence electrons. The summed E-state index contributed by atoms with van der Waals surface area (Å²) in [5.41, 5.74) is 14.6. The van der Waals surface area contributed by atoms with Crippen LogP contribution >= 0.6 is 47.6 Å². The van der Waals surface area contributed by atoms with Crippen molar-refractivity contribution in [2.24, 2.45) is 11.5 Å². The van der Waals surface area contributed by atoms with Gasteiger partial charge in [-0.3, -0.25) is 9.59 Å². The highest BCUT2D eigenvalue weighted by Crippen LogP contribution is 2.33. The minimum absolute atomic E-state index is 0.00727. The lowest BCUT2D eigenvalue weighted by atomic mass is 10.1. The largest absolute Gasteiger partial charge is 0.460 e. The van der Waals surface area contributed by atoms with Crippen LogP contribution in [0.4, 0.5) is 5.69 Å². The van der Waals surface area contributed by atoms with E-state index in [9.17, 15) is 9.59 Å². The van der Waals surface area contributed by atoms with Crippen molar-refractivity contribution in [3.05, 3.63) is 159 Å². The number of thiocarbonyl (C=S) groups is 2. The van der Waals surface area contributed by atoms with E-state index >= 15 is 0 Å². The molecule has 2 unspecified atom stereocenters. The van der Waals surface area contributed by atoms with Gasteiger partial charge < -0.3 is 41.0 Å². The molecule has 4 aromatic carbocycles. The van der Waals surface area contributed by atoms with Crippen LogP contribution in [0.1, 0.15) is 28.9 Å². The number of carbonyl (C=O) groups excluding carboxylic acids is 2. The van der Waals surface area contributed by atoms with Gasteiger partial charge in [0.25, 0.3) is 10.3 Å². The molecule has 6 rings (SSSR count). The molecule has 2 atom stereocenters. The molecular formula is C35H28Cl2N4O6S2. The summed E-state index contributed by atoms with van der Waals surface area (Å²) < 4.78 is 21.6. The van der Waals surface area contributed by atoms with Crippen LogP contribution in [-0.2, 0) is 35.1 Å². The fraction of sp³-hybridized carbons (Fsp3) is 0.0857. The number of hydrogen-bond acceptors (Lipinski definition) is 10. The van der Waals surface area contributed by atoms with Crippen LogP contribution in [-0.4, -0.2) is 21.9 Å². The van der Waals surface area contributed by atoms with Gasteiger partial charge in [-0.15, -0.1) is 0 Å². The smallest absolute Gasteiger partial charge is 0.267 e. The Hall–Kier alpha value is -5.14. The Balaban J connectivity index is 0.000000191.